The fourth-order valence-electron chi connectivity index (χ4n) is 0.894. The second-order valence-corrected chi connectivity index (χ2v) is 3.51. The Hall–Kier alpha value is -0.520. The zero-order valence-corrected chi connectivity index (χ0v) is 8.40. The maximum Gasteiger partial charge on any atom is 0.101 e. The molecule has 0 amide bonds. The lowest BCUT2D eigenvalue weighted by atomic mass is 10.1. The molecule has 60 valence electrons. The van der Waals surface area contributed by atoms with E-state index in [1.54, 1.807) is 0 Å². The van der Waals surface area contributed by atoms with Crippen molar-refractivity contribution in [3.8, 4) is 0 Å². The molecule has 0 spiro atoms. The summed E-state index contributed by atoms with van der Waals surface area (Å²) in [4.78, 5) is 0. The Balaban J connectivity index is 2.98. The summed E-state index contributed by atoms with van der Waals surface area (Å²) in [6.07, 6.45) is 1.90. The second kappa shape index (κ2) is 3.25. The number of halogens is 1. The average Bonchev–Trinajstić information content (AvgIpc) is 1.94. The van der Waals surface area contributed by atoms with Crippen molar-refractivity contribution < 1.29 is 0 Å². The van der Waals surface area contributed by atoms with E-state index < -0.39 is 0 Å². The van der Waals surface area contributed by atoms with Gasteiger partial charge in [0.15, 0.2) is 0 Å². The molecule has 4 heteroatoms. The summed E-state index contributed by atoms with van der Waals surface area (Å²) in [5.41, 5.74) is 8.33. The van der Waals surface area contributed by atoms with Crippen LogP contribution in [0.15, 0.2) is 23.0 Å². The largest absolute Gasteiger partial charge is 0.400 e. The SMILES string of the molecule is CC1=CC(C(=N)I)=C(N)CN1. The van der Waals surface area contributed by atoms with E-state index in [-0.39, 0.29) is 0 Å². The van der Waals surface area contributed by atoms with Crippen LogP contribution >= 0.6 is 22.6 Å². The first-order chi connectivity index (χ1) is 5.11. The van der Waals surface area contributed by atoms with Crippen LogP contribution in [0, 0.1) is 5.41 Å². The molecule has 0 aromatic carbocycles. The van der Waals surface area contributed by atoms with E-state index in [2.05, 4.69) is 5.32 Å². The van der Waals surface area contributed by atoms with Crippen molar-refractivity contribution in [2.75, 3.05) is 6.54 Å². The highest BCUT2D eigenvalue weighted by molar-refractivity contribution is 14.1. The topological polar surface area (TPSA) is 61.9 Å². The van der Waals surface area contributed by atoms with E-state index in [9.17, 15) is 0 Å². The number of dihydropyridines is 1. The van der Waals surface area contributed by atoms with Crippen LogP contribution in [0.25, 0.3) is 0 Å². The fraction of sp³-hybridized carbons (Fsp3) is 0.286. The van der Waals surface area contributed by atoms with Gasteiger partial charge in [0, 0.05) is 17.0 Å². The zero-order chi connectivity index (χ0) is 8.43. The third kappa shape index (κ3) is 1.95. The van der Waals surface area contributed by atoms with E-state index >= 15 is 0 Å². The second-order valence-electron chi connectivity index (χ2n) is 2.43. The normalized spacial score (nSPS) is 17.5. The minimum absolute atomic E-state index is 0.501. The highest BCUT2D eigenvalue weighted by Crippen LogP contribution is 2.13. The Morgan fingerprint density at radius 3 is 2.91 bits per heavy atom. The van der Waals surface area contributed by atoms with Crippen molar-refractivity contribution >= 4 is 26.3 Å². The Morgan fingerprint density at radius 2 is 2.45 bits per heavy atom. The first-order valence-electron chi connectivity index (χ1n) is 3.26. The molecule has 1 aliphatic rings. The number of hydrogen-bond donors (Lipinski definition) is 3. The van der Waals surface area contributed by atoms with Crippen molar-refractivity contribution in [3.05, 3.63) is 23.0 Å². The molecule has 0 saturated carbocycles. The van der Waals surface area contributed by atoms with Gasteiger partial charge in [-0.15, -0.1) is 0 Å². The van der Waals surface area contributed by atoms with Crippen molar-refractivity contribution in [2.45, 2.75) is 6.92 Å². The molecule has 0 fully saturated rings. The monoisotopic (exact) mass is 263 g/mol. The molecule has 0 saturated heterocycles. The summed E-state index contributed by atoms with van der Waals surface area (Å²) in [6, 6.07) is 0. The van der Waals surface area contributed by atoms with Gasteiger partial charge in [0.25, 0.3) is 0 Å². The Kier molecular flexibility index (Phi) is 2.53. The summed E-state index contributed by atoms with van der Waals surface area (Å²) in [6.45, 7) is 2.62. The molecule has 0 aliphatic carbocycles. The molecule has 4 N–H and O–H groups in total. The number of allylic oxidation sites excluding steroid dienone is 3. The van der Waals surface area contributed by atoms with E-state index in [1.165, 1.54) is 0 Å². The maximum absolute atomic E-state index is 7.39. The van der Waals surface area contributed by atoms with E-state index in [0.717, 1.165) is 17.0 Å². The average molecular weight is 263 g/mol. The first kappa shape index (κ1) is 8.58. The van der Waals surface area contributed by atoms with Gasteiger partial charge in [-0.3, -0.25) is 5.41 Å². The molecule has 0 bridgehead atoms. The Labute approximate surface area is 79.4 Å². The number of nitrogens with two attached hydrogens (primary N) is 1. The van der Waals surface area contributed by atoms with Crippen molar-refractivity contribution in [3.63, 3.8) is 0 Å². The van der Waals surface area contributed by atoms with Crippen molar-refractivity contribution in [1.29, 1.82) is 5.41 Å². The molecule has 0 aromatic rings. The zero-order valence-electron chi connectivity index (χ0n) is 6.24. The molecular formula is C7H10IN3. The molecule has 1 rings (SSSR count). The standard InChI is InChI=1S/C7H10IN3/c1-4-2-5(7(8)10)6(9)3-11-4/h2,10-11H,3,9H2,1H3. The van der Waals surface area contributed by atoms with Crippen molar-refractivity contribution in [2.24, 2.45) is 5.73 Å². The quantitative estimate of drug-likeness (QED) is 0.490. The lowest BCUT2D eigenvalue weighted by Crippen LogP contribution is -2.25. The molecule has 0 atom stereocenters. The highest BCUT2D eigenvalue weighted by atomic mass is 127. The van der Waals surface area contributed by atoms with Gasteiger partial charge in [-0.05, 0) is 35.6 Å². The van der Waals surface area contributed by atoms with E-state index in [4.69, 9.17) is 11.1 Å². The molecule has 0 radical (unpaired) electrons. The predicted molar refractivity (Wildman–Crippen MR) is 54.7 cm³/mol. The van der Waals surface area contributed by atoms with Gasteiger partial charge in [0.1, 0.15) is 3.72 Å². The molecule has 3 nitrogen and oxygen atoms in total. The number of hydrogen-bond acceptors (Lipinski definition) is 3. The summed E-state index contributed by atoms with van der Waals surface area (Å²) in [7, 11) is 0. The van der Waals surface area contributed by atoms with Gasteiger partial charge in [-0.25, -0.2) is 0 Å². The van der Waals surface area contributed by atoms with E-state index in [0.29, 0.717) is 10.3 Å². The minimum atomic E-state index is 0.501. The molecule has 1 heterocycles. The highest BCUT2D eigenvalue weighted by Gasteiger charge is 2.09. The summed E-state index contributed by atoms with van der Waals surface area (Å²) in [5.74, 6) is 0. The van der Waals surface area contributed by atoms with Gasteiger partial charge in [-0.2, -0.15) is 0 Å². The van der Waals surface area contributed by atoms with Crippen LogP contribution < -0.4 is 11.1 Å². The van der Waals surface area contributed by atoms with Crippen LogP contribution in [0.2, 0.25) is 0 Å². The van der Waals surface area contributed by atoms with Gasteiger partial charge >= 0.3 is 0 Å². The van der Waals surface area contributed by atoms with Gasteiger partial charge in [-0.1, -0.05) is 0 Å². The summed E-state index contributed by atoms with van der Waals surface area (Å²) >= 11 is 1.96. The van der Waals surface area contributed by atoms with Gasteiger partial charge in [0.05, 0.1) is 6.54 Å². The lowest BCUT2D eigenvalue weighted by Gasteiger charge is -2.15. The van der Waals surface area contributed by atoms with Crippen LogP contribution in [0.1, 0.15) is 6.92 Å². The molecule has 0 unspecified atom stereocenters. The van der Waals surface area contributed by atoms with Crippen molar-refractivity contribution in [1.82, 2.24) is 5.32 Å². The van der Waals surface area contributed by atoms with Crippen LogP contribution in [0.3, 0.4) is 0 Å². The lowest BCUT2D eigenvalue weighted by molar-refractivity contribution is 0.839. The van der Waals surface area contributed by atoms with Crippen LogP contribution in [-0.4, -0.2) is 10.3 Å². The predicted octanol–water partition coefficient (Wildman–Crippen LogP) is 1.12. The molecular weight excluding hydrogens is 253 g/mol. The Morgan fingerprint density at radius 1 is 1.82 bits per heavy atom. The van der Waals surface area contributed by atoms with Gasteiger partial charge < -0.3 is 11.1 Å². The summed E-state index contributed by atoms with van der Waals surface area (Å²) < 4.78 is 0.501. The van der Waals surface area contributed by atoms with Gasteiger partial charge in [0.2, 0.25) is 0 Å². The third-order valence-corrected chi connectivity index (χ3v) is 2.08. The number of rotatable bonds is 1. The van der Waals surface area contributed by atoms with Crippen LogP contribution in [-0.2, 0) is 0 Å². The first-order valence-corrected chi connectivity index (χ1v) is 4.34. The molecule has 0 aromatic heterocycles. The van der Waals surface area contributed by atoms with Crippen LogP contribution in [0.5, 0.6) is 0 Å². The minimum Gasteiger partial charge on any atom is -0.400 e. The molecule has 1 aliphatic heterocycles. The maximum atomic E-state index is 7.39. The van der Waals surface area contributed by atoms with E-state index in [1.807, 2.05) is 35.6 Å². The Bertz CT molecular complexity index is 252. The smallest absolute Gasteiger partial charge is 0.101 e. The molecule has 11 heavy (non-hydrogen) atoms. The van der Waals surface area contributed by atoms with Crippen LogP contribution in [0.4, 0.5) is 0 Å². The third-order valence-electron chi connectivity index (χ3n) is 1.50. The fourth-order valence-corrected chi connectivity index (χ4v) is 1.40. The number of nitrogens with one attached hydrogen (secondary N) is 2. The summed E-state index contributed by atoms with van der Waals surface area (Å²) in [5, 5.41) is 10.5.